The summed E-state index contributed by atoms with van der Waals surface area (Å²) in [6.07, 6.45) is 0.347. The Morgan fingerprint density at radius 2 is 2.04 bits per heavy atom. The number of H-pyrrole nitrogens is 1. The van der Waals surface area contributed by atoms with Gasteiger partial charge in [0.2, 0.25) is 0 Å². The minimum Gasteiger partial charge on any atom is -0.337 e. The van der Waals surface area contributed by atoms with Gasteiger partial charge in [-0.3, -0.25) is 20.4 Å². The summed E-state index contributed by atoms with van der Waals surface area (Å²) in [5, 5.41) is 0. The van der Waals surface area contributed by atoms with E-state index < -0.39 is 18.2 Å². The molecule has 0 spiro atoms. The summed E-state index contributed by atoms with van der Waals surface area (Å²) >= 11 is 1.45. The number of benzene rings is 1. The van der Waals surface area contributed by atoms with Crippen molar-refractivity contribution in [3.05, 3.63) is 51.0 Å². The van der Waals surface area contributed by atoms with Crippen LogP contribution >= 0.6 is 11.3 Å². The first-order chi connectivity index (χ1) is 13.4. The number of rotatable bonds is 3. The summed E-state index contributed by atoms with van der Waals surface area (Å²) in [6.45, 7) is 2.20. The van der Waals surface area contributed by atoms with Gasteiger partial charge in [-0.15, -0.1) is 11.3 Å². The first kappa shape index (κ1) is 18.5. The number of halogens is 2. The molecule has 1 aromatic carbocycles. The molecule has 2 amide bonds. The van der Waals surface area contributed by atoms with Gasteiger partial charge in [0.15, 0.2) is 5.82 Å². The average molecular weight is 404 g/mol. The Labute approximate surface area is 163 Å². The molecule has 28 heavy (non-hydrogen) atoms. The molecule has 2 heterocycles. The number of hydrogen-bond donors (Lipinski definition) is 3. The van der Waals surface area contributed by atoms with Crippen LogP contribution in [-0.4, -0.2) is 21.8 Å². The molecule has 9 heteroatoms. The molecule has 4 rings (SSSR count). The molecule has 1 unspecified atom stereocenters. The van der Waals surface area contributed by atoms with Crippen LogP contribution in [0, 0.1) is 5.92 Å². The highest BCUT2D eigenvalue weighted by Crippen LogP contribution is 2.32. The fraction of sp³-hybridized carbons (Fsp3) is 0.316. The van der Waals surface area contributed by atoms with E-state index in [9.17, 15) is 18.4 Å². The molecule has 1 atom stereocenters. The van der Waals surface area contributed by atoms with Gasteiger partial charge in [0.25, 0.3) is 18.2 Å². The molecule has 6 nitrogen and oxygen atoms in total. The predicted molar refractivity (Wildman–Crippen MR) is 101 cm³/mol. The van der Waals surface area contributed by atoms with Gasteiger partial charge in [0.05, 0.1) is 15.9 Å². The maximum Gasteiger partial charge on any atom is 0.295 e. The summed E-state index contributed by atoms with van der Waals surface area (Å²) < 4.78 is 25.4. The van der Waals surface area contributed by atoms with Crippen LogP contribution in [0.3, 0.4) is 0 Å². The zero-order valence-electron chi connectivity index (χ0n) is 15.0. The predicted octanol–water partition coefficient (Wildman–Crippen LogP) is 3.76. The minimum absolute atomic E-state index is 0.219. The van der Waals surface area contributed by atoms with Crippen molar-refractivity contribution in [3.8, 4) is 0 Å². The van der Waals surface area contributed by atoms with E-state index >= 15 is 0 Å². The van der Waals surface area contributed by atoms with Gasteiger partial charge in [-0.1, -0.05) is 6.92 Å². The number of carbonyl (C=O) groups is 2. The normalized spacial score (nSPS) is 16.2. The molecule has 3 N–H and O–H groups in total. The van der Waals surface area contributed by atoms with Crippen molar-refractivity contribution in [1.29, 1.82) is 0 Å². The maximum atomic E-state index is 12.7. The first-order valence-corrected chi connectivity index (χ1v) is 9.72. The zero-order valence-corrected chi connectivity index (χ0v) is 15.8. The lowest BCUT2D eigenvalue weighted by Gasteiger charge is -2.16. The second kappa shape index (κ2) is 7.31. The summed E-state index contributed by atoms with van der Waals surface area (Å²) in [5.41, 5.74) is 6.88. The van der Waals surface area contributed by atoms with E-state index in [2.05, 4.69) is 27.7 Å². The molecule has 0 fully saturated rings. The van der Waals surface area contributed by atoms with Gasteiger partial charge in [0, 0.05) is 10.4 Å². The van der Waals surface area contributed by atoms with Crippen LogP contribution in [0.15, 0.2) is 24.3 Å². The van der Waals surface area contributed by atoms with Crippen LogP contribution in [0.5, 0.6) is 0 Å². The molecule has 146 valence electrons. The largest absolute Gasteiger partial charge is 0.337 e. The van der Waals surface area contributed by atoms with E-state index in [1.165, 1.54) is 40.0 Å². The van der Waals surface area contributed by atoms with E-state index in [1.54, 1.807) is 0 Å². The van der Waals surface area contributed by atoms with Crippen molar-refractivity contribution in [2.24, 2.45) is 5.92 Å². The Bertz CT molecular complexity index is 1060. The Morgan fingerprint density at radius 3 is 2.82 bits per heavy atom. The lowest BCUT2D eigenvalue weighted by Crippen LogP contribution is -2.41. The van der Waals surface area contributed by atoms with Crippen LogP contribution in [0.4, 0.5) is 8.78 Å². The van der Waals surface area contributed by atoms with E-state index in [0.29, 0.717) is 21.8 Å². The van der Waals surface area contributed by atoms with E-state index in [1.807, 2.05) is 6.07 Å². The average Bonchev–Trinajstić information content (AvgIpc) is 3.28. The van der Waals surface area contributed by atoms with E-state index in [0.717, 1.165) is 19.3 Å². The van der Waals surface area contributed by atoms with Gasteiger partial charge in [-0.25, -0.2) is 13.8 Å². The van der Waals surface area contributed by atoms with Crippen LogP contribution < -0.4 is 10.9 Å². The quantitative estimate of drug-likeness (QED) is 0.581. The summed E-state index contributed by atoms with van der Waals surface area (Å²) in [7, 11) is 0. The molecular formula is C19H18F2N4O2S. The molecule has 0 radical (unpaired) electrons. The number of aryl methyl sites for hydroxylation is 1. The third kappa shape index (κ3) is 3.62. The number of nitrogens with zero attached hydrogens (tertiary/aromatic N) is 1. The number of fused-ring (bicyclic) bond motifs is 2. The SMILES string of the molecule is CC1CCc2sc(C(=O)NNC(=O)c3ccc4nc(C(F)F)[nH]c4c3)cc2C1. The van der Waals surface area contributed by atoms with Crippen molar-refractivity contribution in [3.63, 3.8) is 0 Å². The number of aromatic nitrogens is 2. The monoisotopic (exact) mass is 404 g/mol. The molecule has 1 aliphatic rings. The highest BCUT2D eigenvalue weighted by molar-refractivity contribution is 7.14. The summed E-state index contributed by atoms with van der Waals surface area (Å²) in [6, 6.07) is 6.24. The number of imidazole rings is 1. The highest BCUT2D eigenvalue weighted by atomic mass is 32.1. The van der Waals surface area contributed by atoms with Gasteiger partial charge < -0.3 is 4.98 Å². The highest BCUT2D eigenvalue weighted by Gasteiger charge is 2.21. The number of alkyl halides is 2. The van der Waals surface area contributed by atoms with Crippen LogP contribution in [-0.2, 0) is 12.8 Å². The third-order valence-electron chi connectivity index (χ3n) is 4.81. The van der Waals surface area contributed by atoms with Crippen molar-refractivity contribution in [1.82, 2.24) is 20.8 Å². The van der Waals surface area contributed by atoms with Gasteiger partial charge in [0.1, 0.15) is 0 Å². The number of amides is 2. The van der Waals surface area contributed by atoms with E-state index in [-0.39, 0.29) is 11.5 Å². The molecule has 2 aromatic heterocycles. The smallest absolute Gasteiger partial charge is 0.295 e. The maximum absolute atomic E-state index is 12.7. The topological polar surface area (TPSA) is 86.9 Å². The number of aromatic amines is 1. The second-order valence-corrected chi connectivity index (χ2v) is 8.11. The summed E-state index contributed by atoms with van der Waals surface area (Å²) in [4.78, 5) is 32.7. The van der Waals surface area contributed by atoms with Gasteiger partial charge in [-0.2, -0.15) is 0 Å². The Balaban J connectivity index is 1.42. The third-order valence-corrected chi connectivity index (χ3v) is 6.05. The standard InChI is InChI=1S/C19H18F2N4O2S/c1-9-2-5-14-11(6-9)8-15(28-14)19(27)25-24-18(26)10-3-4-12-13(7-10)23-17(22-12)16(20)21/h3-4,7-9,16H,2,5-6H2,1H3,(H,22,23)(H,24,26)(H,25,27). The minimum atomic E-state index is -2.72. The van der Waals surface area contributed by atoms with E-state index in [4.69, 9.17) is 0 Å². The Kier molecular flexibility index (Phi) is 4.84. The Hall–Kier alpha value is -2.81. The van der Waals surface area contributed by atoms with Crippen molar-refractivity contribution in [2.45, 2.75) is 32.6 Å². The molecule has 0 bridgehead atoms. The summed E-state index contributed by atoms with van der Waals surface area (Å²) in [5.74, 6) is -0.751. The van der Waals surface area contributed by atoms with Crippen molar-refractivity contribution >= 4 is 34.2 Å². The number of nitrogens with one attached hydrogen (secondary N) is 3. The second-order valence-electron chi connectivity index (χ2n) is 6.97. The van der Waals surface area contributed by atoms with Gasteiger partial charge in [-0.05, 0) is 55.0 Å². The lowest BCUT2D eigenvalue weighted by molar-refractivity contribution is 0.0849. The number of carbonyl (C=O) groups excluding carboxylic acids is 2. The lowest BCUT2D eigenvalue weighted by atomic mass is 9.90. The molecular weight excluding hydrogens is 386 g/mol. The zero-order chi connectivity index (χ0) is 19.8. The van der Waals surface area contributed by atoms with Crippen molar-refractivity contribution in [2.75, 3.05) is 0 Å². The molecule has 0 aliphatic heterocycles. The fourth-order valence-corrected chi connectivity index (χ4v) is 4.44. The number of hydrazine groups is 1. The number of hydrogen-bond acceptors (Lipinski definition) is 4. The fourth-order valence-electron chi connectivity index (χ4n) is 3.34. The molecule has 0 saturated heterocycles. The van der Waals surface area contributed by atoms with Gasteiger partial charge >= 0.3 is 0 Å². The first-order valence-electron chi connectivity index (χ1n) is 8.91. The molecule has 1 aliphatic carbocycles. The van der Waals surface area contributed by atoms with Crippen LogP contribution in [0.1, 0.15) is 56.1 Å². The van der Waals surface area contributed by atoms with Crippen LogP contribution in [0.25, 0.3) is 11.0 Å². The Morgan fingerprint density at radius 1 is 1.25 bits per heavy atom. The van der Waals surface area contributed by atoms with Crippen LogP contribution in [0.2, 0.25) is 0 Å². The molecule has 0 saturated carbocycles. The van der Waals surface area contributed by atoms with Crippen molar-refractivity contribution < 1.29 is 18.4 Å². The number of thiophene rings is 1. The molecule has 3 aromatic rings.